The molecule has 0 spiro atoms. The van der Waals surface area contributed by atoms with E-state index in [9.17, 15) is 15.3 Å². The van der Waals surface area contributed by atoms with Crippen molar-refractivity contribution in [3.63, 3.8) is 0 Å². The van der Waals surface area contributed by atoms with E-state index in [0.717, 1.165) is 0 Å². The molecule has 4 unspecified atom stereocenters. The first-order valence-electron chi connectivity index (χ1n) is 5.01. The molecule has 1 heterocycles. The molecule has 0 aromatic carbocycles. The maximum atomic E-state index is 9.66. The largest absolute Gasteiger partial charge is 0.512 e. The summed E-state index contributed by atoms with van der Waals surface area (Å²) < 4.78 is 5.24. The molecule has 0 aromatic heterocycles. The van der Waals surface area contributed by atoms with Gasteiger partial charge in [-0.05, 0) is 6.08 Å². The Morgan fingerprint density at radius 1 is 1.47 bits per heavy atom. The molecule has 5 heteroatoms. The Labute approximate surface area is 88.6 Å². The summed E-state index contributed by atoms with van der Waals surface area (Å²) >= 11 is 0. The molecule has 4 N–H and O–H groups in total. The number of hydrogen-bond acceptors (Lipinski definition) is 5. The summed E-state index contributed by atoms with van der Waals surface area (Å²) in [7, 11) is 0. The average Bonchev–Trinajstić information content (AvgIpc) is 2.37. The van der Waals surface area contributed by atoms with Gasteiger partial charge < -0.3 is 25.2 Å². The molecule has 0 bridgehead atoms. The van der Waals surface area contributed by atoms with Crippen molar-refractivity contribution >= 4 is 0 Å². The molecule has 1 aliphatic heterocycles. The summed E-state index contributed by atoms with van der Waals surface area (Å²) in [6.45, 7) is 1.96. The zero-order chi connectivity index (χ0) is 11.4. The van der Waals surface area contributed by atoms with Crippen LogP contribution in [-0.2, 0) is 4.74 Å². The number of ether oxygens (including phenoxy) is 1. The van der Waals surface area contributed by atoms with Crippen LogP contribution in [0.4, 0.5) is 0 Å². The van der Waals surface area contributed by atoms with Crippen LogP contribution < -0.4 is 0 Å². The number of rotatable bonds is 3. The molecule has 5 nitrogen and oxygen atoms in total. The third-order valence-electron chi connectivity index (χ3n) is 2.51. The second kappa shape index (κ2) is 5.46. The third kappa shape index (κ3) is 3.17. The van der Waals surface area contributed by atoms with Crippen molar-refractivity contribution in [1.82, 2.24) is 0 Å². The minimum atomic E-state index is -1.26. The van der Waals surface area contributed by atoms with Crippen molar-refractivity contribution in [2.75, 3.05) is 19.8 Å². The van der Waals surface area contributed by atoms with Crippen molar-refractivity contribution in [2.45, 2.75) is 19.1 Å². The number of aliphatic hydroxyl groups is 4. The monoisotopic (exact) mass is 218 g/mol. The van der Waals surface area contributed by atoms with Crippen LogP contribution in [0.15, 0.2) is 11.8 Å². The van der Waals surface area contributed by atoms with E-state index in [1.54, 1.807) is 6.08 Å². The Bertz CT molecular complexity index is 228. The van der Waals surface area contributed by atoms with Gasteiger partial charge in [0.05, 0.1) is 37.6 Å². The first-order chi connectivity index (χ1) is 7.06. The second-order valence-corrected chi connectivity index (χ2v) is 3.95. The molecule has 0 saturated carbocycles. The van der Waals surface area contributed by atoms with Crippen LogP contribution >= 0.6 is 0 Å². The molecule has 0 aliphatic carbocycles. The maximum absolute atomic E-state index is 9.66. The summed E-state index contributed by atoms with van der Waals surface area (Å²) in [5.74, 6) is -0.578. The van der Waals surface area contributed by atoms with Gasteiger partial charge in [-0.15, -0.1) is 0 Å². The van der Waals surface area contributed by atoms with Gasteiger partial charge in [0, 0.05) is 5.92 Å². The van der Waals surface area contributed by atoms with Gasteiger partial charge in [-0.25, -0.2) is 0 Å². The van der Waals surface area contributed by atoms with Gasteiger partial charge in [0.1, 0.15) is 6.10 Å². The van der Waals surface area contributed by atoms with Crippen molar-refractivity contribution in [1.29, 1.82) is 0 Å². The van der Waals surface area contributed by atoms with E-state index in [4.69, 9.17) is 9.84 Å². The third-order valence-corrected chi connectivity index (χ3v) is 2.51. The molecule has 0 fully saturated rings. The topological polar surface area (TPSA) is 90.2 Å². The molecular weight excluding hydrogens is 200 g/mol. The number of hydrogen-bond donors (Lipinski definition) is 4. The predicted octanol–water partition coefficient (Wildman–Crippen LogP) is -0.575. The molecule has 0 radical (unpaired) electrons. The van der Waals surface area contributed by atoms with E-state index in [0.29, 0.717) is 6.61 Å². The lowest BCUT2D eigenvalue weighted by Crippen LogP contribution is -2.38. The summed E-state index contributed by atoms with van der Waals surface area (Å²) in [4.78, 5) is 0. The van der Waals surface area contributed by atoms with Crippen molar-refractivity contribution in [2.24, 2.45) is 11.8 Å². The summed E-state index contributed by atoms with van der Waals surface area (Å²) in [5.41, 5.74) is 0. The average molecular weight is 218 g/mol. The quantitative estimate of drug-likeness (QED) is 0.509. The highest BCUT2D eigenvalue weighted by molar-refractivity contribution is 5.04. The van der Waals surface area contributed by atoms with Gasteiger partial charge in [-0.1, -0.05) is 6.92 Å². The molecule has 0 saturated heterocycles. The molecule has 15 heavy (non-hydrogen) atoms. The lowest BCUT2D eigenvalue weighted by molar-refractivity contribution is -0.0601. The summed E-state index contributed by atoms with van der Waals surface area (Å²) in [6, 6.07) is 0. The van der Waals surface area contributed by atoms with Gasteiger partial charge in [0.25, 0.3) is 0 Å². The summed E-state index contributed by atoms with van der Waals surface area (Å²) in [5, 5.41) is 37.2. The second-order valence-electron chi connectivity index (χ2n) is 3.95. The normalized spacial score (nSPS) is 31.6. The van der Waals surface area contributed by atoms with Crippen LogP contribution in [0, 0.1) is 11.8 Å². The first kappa shape index (κ1) is 12.4. The minimum absolute atomic E-state index is 0.0139. The van der Waals surface area contributed by atoms with Crippen molar-refractivity contribution < 1.29 is 25.2 Å². The van der Waals surface area contributed by atoms with Gasteiger partial charge in [-0.2, -0.15) is 0 Å². The smallest absolute Gasteiger partial charge is 0.104 e. The van der Waals surface area contributed by atoms with Crippen LogP contribution in [0.2, 0.25) is 0 Å². The van der Waals surface area contributed by atoms with Crippen LogP contribution in [0.25, 0.3) is 0 Å². The maximum Gasteiger partial charge on any atom is 0.104 e. The Hall–Kier alpha value is -0.620. The highest BCUT2D eigenvalue weighted by Gasteiger charge is 2.31. The Balaban J connectivity index is 2.71. The van der Waals surface area contributed by atoms with E-state index in [1.165, 1.54) is 0 Å². The Morgan fingerprint density at radius 2 is 2.13 bits per heavy atom. The van der Waals surface area contributed by atoms with E-state index in [1.807, 2.05) is 6.92 Å². The Morgan fingerprint density at radius 3 is 2.73 bits per heavy atom. The van der Waals surface area contributed by atoms with E-state index in [2.05, 4.69) is 0 Å². The van der Waals surface area contributed by atoms with Crippen LogP contribution in [0.5, 0.6) is 0 Å². The van der Waals surface area contributed by atoms with Crippen molar-refractivity contribution in [3.8, 4) is 0 Å². The fraction of sp³-hybridized carbons (Fsp3) is 0.800. The Kier molecular flexibility index (Phi) is 4.53. The lowest BCUT2D eigenvalue weighted by atomic mass is 9.95. The lowest BCUT2D eigenvalue weighted by Gasteiger charge is -2.24. The van der Waals surface area contributed by atoms with Gasteiger partial charge in [0.15, 0.2) is 0 Å². The zero-order valence-electron chi connectivity index (χ0n) is 8.71. The molecule has 4 atom stereocenters. The van der Waals surface area contributed by atoms with Gasteiger partial charge in [0.2, 0.25) is 0 Å². The SMILES string of the molecule is CC1C=C(O)C(C(O)C(O)CO)COC1. The number of aliphatic hydroxyl groups excluding tert-OH is 4. The molecule has 1 aliphatic rings. The van der Waals surface area contributed by atoms with E-state index >= 15 is 0 Å². The standard InChI is InChI=1S/C10H18O5/c1-6-2-8(12)7(5-15-4-6)10(14)9(13)3-11/h2,6-7,9-14H,3-5H2,1H3. The molecule has 88 valence electrons. The zero-order valence-corrected chi connectivity index (χ0v) is 8.71. The van der Waals surface area contributed by atoms with E-state index < -0.39 is 24.7 Å². The first-order valence-corrected chi connectivity index (χ1v) is 5.01. The van der Waals surface area contributed by atoms with E-state index in [-0.39, 0.29) is 18.3 Å². The van der Waals surface area contributed by atoms with Crippen molar-refractivity contribution in [3.05, 3.63) is 11.8 Å². The molecular formula is C10H18O5. The van der Waals surface area contributed by atoms with Crippen LogP contribution in [0.3, 0.4) is 0 Å². The minimum Gasteiger partial charge on any atom is -0.512 e. The highest BCUT2D eigenvalue weighted by Crippen LogP contribution is 2.21. The van der Waals surface area contributed by atoms with Gasteiger partial charge in [-0.3, -0.25) is 0 Å². The summed E-state index contributed by atoms with van der Waals surface area (Å²) in [6.07, 6.45) is -0.871. The van der Waals surface area contributed by atoms with Gasteiger partial charge >= 0.3 is 0 Å². The van der Waals surface area contributed by atoms with Crippen LogP contribution in [0.1, 0.15) is 6.92 Å². The molecule has 1 rings (SSSR count). The molecule has 0 amide bonds. The fourth-order valence-electron chi connectivity index (χ4n) is 1.58. The highest BCUT2D eigenvalue weighted by atomic mass is 16.5. The fourth-order valence-corrected chi connectivity index (χ4v) is 1.58. The molecule has 0 aromatic rings. The van der Waals surface area contributed by atoms with Crippen LogP contribution in [-0.4, -0.2) is 52.5 Å². The predicted molar refractivity (Wildman–Crippen MR) is 53.3 cm³/mol.